The van der Waals surface area contributed by atoms with Crippen molar-refractivity contribution in [2.24, 2.45) is 0 Å². The van der Waals surface area contributed by atoms with Gasteiger partial charge in [0, 0.05) is 11.3 Å². The van der Waals surface area contributed by atoms with Crippen LogP contribution in [0.15, 0.2) is 4.79 Å². The van der Waals surface area contributed by atoms with Crippen molar-refractivity contribution in [1.29, 1.82) is 5.26 Å². The van der Waals surface area contributed by atoms with Gasteiger partial charge in [-0.3, -0.25) is 14.6 Å². The highest BCUT2D eigenvalue weighted by molar-refractivity contribution is 5.14. The Hall–Kier alpha value is -1.50. The lowest BCUT2D eigenvalue weighted by molar-refractivity contribution is 0.600. The summed E-state index contributed by atoms with van der Waals surface area (Å²) in [7, 11) is 0. The van der Waals surface area contributed by atoms with Crippen molar-refractivity contribution in [2.45, 2.75) is 33.2 Å². The maximum absolute atomic E-state index is 11.5. The van der Waals surface area contributed by atoms with Crippen molar-refractivity contribution < 1.29 is 0 Å². The molecule has 70 valence electrons. The molecule has 0 radical (unpaired) electrons. The van der Waals surface area contributed by atoms with E-state index in [1.807, 2.05) is 13.0 Å². The molecule has 4 nitrogen and oxygen atoms in total. The van der Waals surface area contributed by atoms with Crippen molar-refractivity contribution in [1.82, 2.24) is 9.78 Å². The average molecular weight is 179 g/mol. The summed E-state index contributed by atoms with van der Waals surface area (Å²) in [6.07, 6.45) is 1.18. The number of nitrogens with one attached hydrogen (secondary N) is 1. The maximum atomic E-state index is 11.5. The Morgan fingerprint density at radius 3 is 2.77 bits per heavy atom. The second-order valence-electron chi connectivity index (χ2n) is 2.93. The van der Waals surface area contributed by atoms with Gasteiger partial charge in [-0.25, -0.2) is 0 Å². The van der Waals surface area contributed by atoms with E-state index in [4.69, 9.17) is 5.26 Å². The van der Waals surface area contributed by atoms with Gasteiger partial charge >= 0.3 is 0 Å². The van der Waals surface area contributed by atoms with Gasteiger partial charge in [-0.05, 0) is 13.3 Å². The summed E-state index contributed by atoms with van der Waals surface area (Å²) in [5.74, 6) is 0. The minimum Gasteiger partial charge on any atom is -0.299 e. The molecule has 1 aromatic heterocycles. The van der Waals surface area contributed by atoms with Gasteiger partial charge in [0.05, 0.1) is 19.0 Å². The first-order chi connectivity index (χ1) is 6.20. The number of hydrogen-bond donors (Lipinski definition) is 1. The predicted octanol–water partition coefficient (Wildman–Crippen LogP) is 0.961. The Bertz CT molecular complexity index is 381. The van der Waals surface area contributed by atoms with Gasteiger partial charge in [-0.1, -0.05) is 6.92 Å². The van der Waals surface area contributed by atoms with Crippen LogP contribution in [-0.2, 0) is 13.0 Å². The summed E-state index contributed by atoms with van der Waals surface area (Å²) in [6, 6.07) is 2.01. The number of nitrogens with zero attached hydrogens (tertiary/aromatic N) is 2. The largest absolute Gasteiger partial charge is 0.299 e. The third-order valence-corrected chi connectivity index (χ3v) is 2.09. The second-order valence-corrected chi connectivity index (χ2v) is 2.93. The van der Waals surface area contributed by atoms with Crippen LogP contribution in [0.3, 0.4) is 0 Å². The summed E-state index contributed by atoms with van der Waals surface area (Å²) >= 11 is 0. The summed E-state index contributed by atoms with van der Waals surface area (Å²) in [5.41, 5.74) is 1.72. The van der Waals surface area contributed by atoms with Crippen LogP contribution in [0.1, 0.15) is 24.6 Å². The molecular formula is C9H13N3O. The topological polar surface area (TPSA) is 61.6 Å². The highest BCUT2D eigenvalue weighted by atomic mass is 16.1. The highest BCUT2D eigenvalue weighted by Gasteiger charge is 2.06. The Morgan fingerprint density at radius 1 is 1.62 bits per heavy atom. The van der Waals surface area contributed by atoms with E-state index in [0.29, 0.717) is 13.0 Å². The Kier molecular flexibility index (Phi) is 2.91. The monoisotopic (exact) mass is 179 g/mol. The van der Waals surface area contributed by atoms with Crippen LogP contribution in [0.2, 0.25) is 0 Å². The fraction of sp³-hybridized carbons (Fsp3) is 0.556. The van der Waals surface area contributed by atoms with Gasteiger partial charge in [0.1, 0.15) is 0 Å². The lowest BCUT2D eigenvalue weighted by atomic mass is 10.2. The van der Waals surface area contributed by atoms with E-state index in [-0.39, 0.29) is 5.56 Å². The van der Waals surface area contributed by atoms with Gasteiger partial charge in [-0.15, -0.1) is 0 Å². The lowest BCUT2D eigenvalue weighted by Crippen LogP contribution is -2.17. The first-order valence-electron chi connectivity index (χ1n) is 4.36. The third-order valence-electron chi connectivity index (χ3n) is 2.09. The van der Waals surface area contributed by atoms with Crippen LogP contribution >= 0.6 is 0 Å². The van der Waals surface area contributed by atoms with Crippen LogP contribution in [0.5, 0.6) is 0 Å². The number of H-pyrrole nitrogens is 1. The molecule has 0 aliphatic carbocycles. The Balaban J connectivity index is 2.98. The SMILES string of the molecule is CCc1[nH]n(CCC#N)c(=O)c1C. The number of hydrogen-bond acceptors (Lipinski definition) is 2. The maximum Gasteiger partial charge on any atom is 0.269 e. The zero-order valence-corrected chi connectivity index (χ0v) is 7.92. The molecule has 1 heterocycles. The van der Waals surface area contributed by atoms with E-state index >= 15 is 0 Å². The van der Waals surface area contributed by atoms with Crippen molar-refractivity contribution in [3.63, 3.8) is 0 Å². The molecule has 1 rings (SSSR count). The van der Waals surface area contributed by atoms with Crippen LogP contribution in [-0.4, -0.2) is 9.78 Å². The van der Waals surface area contributed by atoms with E-state index in [0.717, 1.165) is 17.7 Å². The molecule has 0 aliphatic heterocycles. The van der Waals surface area contributed by atoms with Crippen LogP contribution < -0.4 is 5.56 Å². The van der Waals surface area contributed by atoms with Gasteiger partial charge < -0.3 is 0 Å². The fourth-order valence-electron chi connectivity index (χ4n) is 1.29. The normalized spacial score (nSPS) is 9.92. The Morgan fingerprint density at radius 2 is 2.31 bits per heavy atom. The quantitative estimate of drug-likeness (QED) is 0.751. The summed E-state index contributed by atoms with van der Waals surface area (Å²) in [4.78, 5) is 11.5. The molecule has 0 aromatic carbocycles. The van der Waals surface area contributed by atoms with Crippen molar-refractivity contribution >= 4 is 0 Å². The molecule has 0 saturated heterocycles. The molecule has 0 spiro atoms. The minimum absolute atomic E-state index is 0.00731. The zero-order valence-electron chi connectivity index (χ0n) is 7.92. The zero-order chi connectivity index (χ0) is 9.84. The molecule has 13 heavy (non-hydrogen) atoms. The molecule has 0 bridgehead atoms. The van der Waals surface area contributed by atoms with E-state index < -0.39 is 0 Å². The first-order valence-corrected chi connectivity index (χ1v) is 4.36. The molecular weight excluding hydrogens is 166 g/mol. The summed E-state index contributed by atoms with van der Waals surface area (Å²) in [5, 5.41) is 11.4. The van der Waals surface area contributed by atoms with Crippen LogP contribution in [0.4, 0.5) is 0 Å². The standard InChI is InChI=1S/C9H13N3O/c1-3-8-7(2)9(13)12(11-8)6-4-5-10/h11H,3-4,6H2,1-2H3. The summed E-state index contributed by atoms with van der Waals surface area (Å²) in [6.45, 7) is 4.25. The number of aromatic amines is 1. The number of rotatable bonds is 3. The van der Waals surface area contributed by atoms with Crippen LogP contribution in [0.25, 0.3) is 0 Å². The number of nitriles is 1. The summed E-state index contributed by atoms with van der Waals surface area (Å²) < 4.78 is 1.50. The number of aryl methyl sites for hydroxylation is 2. The fourth-order valence-corrected chi connectivity index (χ4v) is 1.29. The molecule has 0 unspecified atom stereocenters. The molecule has 0 atom stereocenters. The molecule has 0 aliphatic rings. The van der Waals surface area contributed by atoms with Crippen molar-refractivity contribution in [2.75, 3.05) is 0 Å². The van der Waals surface area contributed by atoms with Crippen molar-refractivity contribution in [3.8, 4) is 6.07 Å². The molecule has 4 heteroatoms. The Labute approximate surface area is 76.8 Å². The smallest absolute Gasteiger partial charge is 0.269 e. The second kappa shape index (κ2) is 3.94. The molecule has 0 saturated carbocycles. The van der Waals surface area contributed by atoms with Crippen LogP contribution in [0, 0.1) is 18.3 Å². The molecule has 0 fully saturated rings. The number of aromatic nitrogens is 2. The lowest BCUT2D eigenvalue weighted by Gasteiger charge is -1.95. The third kappa shape index (κ3) is 1.81. The molecule has 0 amide bonds. The van der Waals surface area contributed by atoms with E-state index in [1.165, 1.54) is 4.68 Å². The predicted molar refractivity (Wildman–Crippen MR) is 49.4 cm³/mol. The minimum atomic E-state index is -0.00731. The van der Waals surface area contributed by atoms with E-state index in [2.05, 4.69) is 5.10 Å². The van der Waals surface area contributed by atoms with Gasteiger partial charge in [0.25, 0.3) is 5.56 Å². The van der Waals surface area contributed by atoms with Gasteiger partial charge in [0.15, 0.2) is 0 Å². The van der Waals surface area contributed by atoms with Gasteiger partial charge in [-0.2, -0.15) is 5.26 Å². The van der Waals surface area contributed by atoms with Crippen molar-refractivity contribution in [3.05, 3.63) is 21.6 Å². The molecule has 1 aromatic rings. The highest BCUT2D eigenvalue weighted by Crippen LogP contribution is 1.99. The first kappa shape index (κ1) is 9.59. The average Bonchev–Trinajstić information content (AvgIpc) is 2.41. The van der Waals surface area contributed by atoms with E-state index in [9.17, 15) is 4.79 Å². The molecule has 1 N–H and O–H groups in total. The van der Waals surface area contributed by atoms with E-state index in [1.54, 1.807) is 6.92 Å². The van der Waals surface area contributed by atoms with Gasteiger partial charge in [0.2, 0.25) is 0 Å².